The summed E-state index contributed by atoms with van der Waals surface area (Å²) in [4.78, 5) is 47.3. The standard InChI is InChI=1S/C18H26FN2O11P/c1-12(2)31-17(24)27-10-29-33(26,30-11-28-18(25)32-13(3)4)8-6-5-7-21-9-14(19)15(22)20-16(21)23/h5-6,9,12-13H,7-8,10-11H2,1-4H3,(H,20,22,23)/b6-5+. The summed E-state index contributed by atoms with van der Waals surface area (Å²) >= 11 is 0. The molecular weight excluding hydrogens is 470 g/mol. The molecule has 1 heterocycles. The van der Waals surface area contributed by atoms with Crippen molar-refractivity contribution in [3.63, 3.8) is 0 Å². The van der Waals surface area contributed by atoms with E-state index in [0.717, 1.165) is 4.57 Å². The van der Waals surface area contributed by atoms with Crippen LogP contribution >= 0.6 is 7.60 Å². The third-order valence-electron chi connectivity index (χ3n) is 3.28. The van der Waals surface area contributed by atoms with Crippen LogP contribution < -0.4 is 11.2 Å². The Morgan fingerprint density at radius 1 is 1.03 bits per heavy atom. The van der Waals surface area contributed by atoms with Gasteiger partial charge in [0, 0.05) is 6.54 Å². The first-order chi connectivity index (χ1) is 15.4. The molecule has 0 fully saturated rings. The number of nitrogens with one attached hydrogen (secondary N) is 1. The predicted octanol–water partition coefficient (Wildman–Crippen LogP) is 2.50. The van der Waals surface area contributed by atoms with Crippen LogP contribution in [0.2, 0.25) is 0 Å². The van der Waals surface area contributed by atoms with E-state index in [0.29, 0.717) is 6.20 Å². The Bertz CT molecular complexity index is 954. The lowest BCUT2D eigenvalue weighted by Gasteiger charge is -2.17. The molecule has 0 atom stereocenters. The molecule has 0 bridgehead atoms. The Labute approximate surface area is 187 Å². The molecule has 15 heteroatoms. The van der Waals surface area contributed by atoms with Crippen LogP contribution in [0.25, 0.3) is 0 Å². The zero-order valence-electron chi connectivity index (χ0n) is 18.5. The van der Waals surface area contributed by atoms with Crippen molar-refractivity contribution < 1.29 is 46.5 Å². The molecule has 1 rings (SSSR count). The monoisotopic (exact) mass is 496 g/mol. The van der Waals surface area contributed by atoms with Crippen molar-refractivity contribution in [2.45, 2.75) is 46.4 Å². The van der Waals surface area contributed by atoms with Crippen molar-refractivity contribution in [2.24, 2.45) is 0 Å². The number of nitrogens with zero attached hydrogens (tertiary/aromatic N) is 1. The summed E-state index contributed by atoms with van der Waals surface area (Å²) in [5.41, 5.74) is -2.01. The average Bonchev–Trinajstić information content (AvgIpc) is 2.67. The summed E-state index contributed by atoms with van der Waals surface area (Å²) in [5.74, 6) is -1.16. The minimum absolute atomic E-state index is 0.180. The van der Waals surface area contributed by atoms with Crippen LogP contribution in [-0.2, 0) is 39.1 Å². The van der Waals surface area contributed by atoms with Gasteiger partial charge in [-0.15, -0.1) is 0 Å². The van der Waals surface area contributed by atoms with Gasteiger partial charge in [-0.2, -0.15) is 4.39 Å². The van der Waals surface area contributed by atoms with E-state index < -0.39 is 68.9 Å². The Kier molecular flexibility index (Phi) is 11.5. The van der Waals surface area contributed by atoms with Crippen LogP contribution in [0, 0.1) is 5.82 Å². The zero-order valence-corrected chi connectivity index (χ0v) is 19.4. The molecule has 1 aromatic heterocycles. The van der Waals surface area contributed by atoms with E-state index in [-0.39, 0.29) is 6.54 Å². The first-order valence-electron chi connectivity index (χ1n) is 9.61. The number of carbonyl (C=O) groups is 2. The number of carbonyl (C=O) groups excluding carboxylic acids is 2. The maximum Gasteiger partial charge on any atom is 0.510 e. The molecule has 0 spiro atoms. The molecule has 0 saturated heterocycles. The van der Waals surface area contributed by atoms with Gasteiger partial charge in [-0.3, -0.25) is 28.0 Å². The first-order valence-corrected chi connectivity index (χ1v) is 11.3. The molecule has 33 heavy (non-hydrogen) atoms. The van der Waals surface area contributed by atoms with Gasteiger partial charge in [-0.05, 0) is 27.7 Å². The molecule has 0 unspecified atom stereocenters. The van der Waals surface area contributed by atoms with Gasteiger partial charge in [0.25, 0.3) is 5.56 Å². The number of rotatable bonds is 12. The number of aromatic amines is 1. The highest BCUT2D eigenvalue weighted by molar-refractivity contribution is 7.54. The van der Waals surface area contributed by atoms with Crippen molar-refractivity contribution in [1.29, 1.82) is 0 Å². The molecule has 13 nitrogen and oxygen atoms in total. The van der Waals surface area contributed by atoms with E-state index >= 15 is 0 Å². The number of hydrogen-bond acceptors (Lipinski definition) is 11. The highest BCUT2D eigenvalue weighted by atomic mass is 31.2. The smallest absolute Gasteiger partial charge is 0.432 e. The molecular formula is C18H26FN2O11P. The van der Waals surface area contributed by atoms with Crippen LogP contribution in [-0.4, -0.2) is 53.8 Å². The average molecular weight is 496 g/mol. The lowest BCUT2D eigenvalue weighted by atomic mass is 10.5. The van der Waals surface area contributed by atoms with Crippen molar-refractivity contribution in [1.82, 2.24) is 9.55 Å². The second-order valence-electron chi connectivity index (χ2n) is 6.77. The zero-order chi connectivity index (χ0) is 25.0. The molecule has 186 valence electrons. The summed E-state index contributed by atoms with van der Waals surface area (Å²) < 4.78 is 55.8. The van der Waals surface area contributed by atoms with Crippen LogP contribution in [0.3, 0.4) is 0 Å². The molecule has 0 amide bonds. The second-order valence-corrected chi connectivity index (χ2v) is 8.87. The lowest BCUT2D eigenvalue weighted by molar-refractivity contribution is -0.0298. The third kappa shape index (κ3) is 11.5. The Hall–Kier alpha value is -2.96. The van der Waals surface area contributed by atoms with E-state index in [1.807, 2.05) is 0 Å². The Balaban J connectivity index is 2.74. The SMILES string of the molecule is CC(C)OC(=O)OCOP(=O)(C/C=C/Cn1cc(F)c(=O)[nH]c1=O)OCOC(=O)OC(C)C. The molecule has 0 aliphatic rings. The number of hydrogen-bond donors (Lipinski definition) is 1. The van der Waals surface area contributed by atoms with Crippen molar-refractivity contribution in [2.75, 3.05) is 19.7 Å². The highest BCUT2D eigenvalue weighted by Crippen LogP contribution is 2.48. The summed E-state index contributed by atoms with van der Waals surface area (Å²) in [6.45, 7) is 4.60. The summed E-state index contributed by atoms with van der Waals surface area (Å²) in [7, 11) is -4.02. The van der Waals surface area contributed by atoms with Gasteiger partial charge in [-0.1, -0.05) is 12.2 Å². The Morgan fingerprint density at radius 2 is 1.55 bits per heavy atom. The molecule has 0 aromatic carbocycles. The number of ether oxygens (including phenoxy) is 4. The third-order valence-corrected chi connectivity index (χ3v) is 4.94. The van der Waals surface area contributed by atoms with Crippen LogP contribution in [0.15, 0.2) is 27.9 Å². The summed E-state index contributed by atoms with van der Waals surface area (Å²) in [5, 5.41) is 0. The van der Waals surface area contributed by atoms with Crippen molar-refractivity contribution in [3.05, 3.63) is 45.0 Å². The molecule has 0 aliphatic heterocycles. The fourth-order valence-electron chi connectivity index (χ4n) is 1.92. The van der Waals surface area contributed by atoms with Gasteiger partial charge in [0.2, 0.25) is 19.4 Å². The van der Waals surface area contributed by atoms with E-state index in [2.05, 4.69) is 9.47 Å². The molecule has 0 aliphatic carbocycles. The van der Waals surface area contributed by atoms with Gasteiger partial charge in [-0.25, -0.2) is 14.4 Å². The van der Waals surface area contributed by atoms with E-state index in [1.165, 1.54) is 12.2 Å². The van der Waals surface area contributed by atoms with Crippen molar-refractivity contribution >= 4 is 19.9 Å². The molecule has 0 radical (unpaired) electrons. The van der Waals surface area contributed by atoms with Gasteiger partial charge in [0.05, 0.1) is 24.6 Å². The number of H-pyrrole nitrogens is 1. The first kappa shape index (κ1) is 28.1. The quantitative estimate of drug-likeness (QED) is 0.196. The van der Waals surface area contributed by atoms with E-state index in [1.54, 1.807) is 32.7 Å². The molecule has 0 saturated carbocycles. The maximum absolute atomic E-state index is 13.3. The minimum Gasteiger partial charge on any atom is -0.432 e. The lowest BCUT2D eigenvalue weighted by Crippen LogP contribution is -2.31. The minimum atomic E-state index is -4.02. The fraction of sp³-hybridized carbons (Fsp3) is 0.556. The van der Waals surface area contributed by atoms with E-state index in [4.69, 9.17) is 18.5 Å². The van der Waals surface area contributed by atoms with Crippen LogP contribution in [0.4, 0.5) is 14.0 Å². The Morgan fingerprint density at radius 3 is 2.03 bits per heavy atom. The van der Waals surface area contributed by atoms with Gasteiger partial charge >= 0.3 is 25.6 Å². The van der Waals surface area contributed by atoms with E-state index in [9.17, 15) is 28.1 Å². The van der Waals surface area contributed by atoms with Gasteiger partial charge < -0.3 is 18.9 Å². The largest absolute Gasteiger partial charge is 0.510 e. The van der Waals surface area contributed by atoms with Gasteiger partial charge in [0.1, 0.15) is 0 Å². The topological polar surface area (TPSA) is 161 Å². The second kappa shape index (κ2) is 13.6. The summed E-state index contributed by atoms with van der Waals surface area (Å²) in [6.07, 6.45) is -0.143. The predicted molar refractivity (Wildman–Crippen MR) is 110 cm³/mol. The number of halogens is 1. The summed E-state index contributed by atoms with van der Waals surface area (Å²) in [6, 6.07) is 0. The number of aromatic nitrogens is 2. The fourth-order valence-corrected chi connectivity index (χ4v) is 3.03. The van der Waals surface area contributed by atoms with Crippen molar-refractivity contribution in [3.8, 4) is 0 Å². The van der Waals surface area contributed by atoms with Crippen LogP contribution in [0.5, 0.6) is 0 Å². The normalized spacial score (nSPS) is 11.7. The maximum atomic E-state index is 13.3. The molecule has 1 aromatic rings. The van der Waals surface area contributed by atoms with Crippen LogP contribution in [0.1, 0.15) is 27.7 Å². The number of allylic oxidation sites excluding steroid dienone is 2. The highest BCUT2D eigenvalue weighted by Gasteiger charge is 2.25. The molecule has 1 N–H and O–H groups in total. The van der Waals surface area contributed by atoms with Gasteiger partial charge in [0.15, 0.2) is 0 Å².